The average Bonchev–Trinajstić information content (AvgIpc) is 3.23. The summed E-state index contributed by atoms with van der Waals surface area (Å²) >= 11 is 1.65. The third kappa shape index (κ3) is 15.6. The third-order valence-corrected chi connectivity index (χ3v) is 6.37. The van der Waals surface area contributed by atoms with E-state index in [9.17, 15) is 0 Å². The van der Waals surface area contributed by atoms with Gasteiger partial charge in [0.1, 0.15) is 0 Å². The summed E-state index contributed by atoms with van der Waals surface area (Å²) in [6.45, 7) is 14.0. The van der Waals surface area contributed by atoms with E-state index >= 15 is 0 Å². The van der Waals surface area contributed by atoms with E-state index < -0.39 is 0 Å². The fraction of sp³-hybridized carbons (Fsp3) is 0.846. The van der Waals surface area contributed by atoms with Crippen LogP contribution in [0.15, 0.2) is 10.8 Å². The van der Waals surface area contributed by atoms with E-state index in [1.807, 2.05) is 10.8 Å². The number of thiophene rings is 1. The number of hydrogen-bond donors (Lipinski definition) is 0. The van der Waals surface area contributed by atoms with Crippen molar-refractivity contribution >= 4 is 11.3 Å². The van der Waals surface area contributed by atoms with Crippen molar-refractivity contribution in [2.75, 3.05) is 39.6 Å². The van der Waals surface area contributed by atoms with Crippen molar-refractivity contribution in [2.45, 2.75) is 91.9 Å². The highest BCUT2D eigenvalue weighted by Crippen LogP contribution is 2.32. The largest absolute Gasteiger partial charge is 0.489 e. The monoisotopic (exact) mass is 456 g/mol. The van der Waals surface area contributed by atoms with Crippen molar-refractivity contribution in [3.63, 3.8) is 0 Å². The highest BCUT2D eigenvalue weighted by Gasteiger charge is 2.06. The van der Waals surface area contributed by atoms with Gasteiger partial charge in [0, 0.05) is 37.2 Å². The standard InChI is InChI=1S/C26H48O4S/c1-5-23(3)19-27-15-11-7-9-13-17-29-25-21-31-22-26(25)30-18-14-10-8-12-16-28-20-24(4)6-2/h21-24H,5-20H2,1-4H3/t23-,24-/m0/s1. The van der Waals surface area contributed by atoms with Crippen molar-refractivity contribution in [3.8, 4) is 11.5 Å². The first-order valence-corrected chi connectivity index (χ1v) is 13.6. The van der Waals surface area contributed by atoms with Gasteiger partial charge in [-0.2, -0.15) is 0 Å². The normalized spacial score (nSPS) is 13.3. The van der Waals surface area contributed by atoms with Crippen LogP contribution in [0.3, 0.4) is 0 Å². The lowest BCUT2D eigenvalue weighted by Crippen LogP contribution is -2.06. The molecule has 1 aromatic heterocycles. The maximum atomic E-state index is 5.94. The van der Waals surface area contributed by atoms with Gasteiger partial charge in [-0.1, -0.05) is 53.4 Å². The molecule has 0 amide bonds. The molecule has 0 unspecified atom stereocenters. The lowest BCUT2D eigenvalue weighted by atomic mass is 10.1. The van der Waals surface area contributed by atoms with Crippen LogP contribution in [0, 0.1) is 11.8 Å². The molecule has 0 saturated carbocycles. The molecule has 1 heterocycles. The summed E-state index contributed by atoms with van der Waals surface area (Å²) < 4.78 is 23.3. The Labute approximate surface area is 196 Å². The number of unbranched alkanes of at least 4 members (excludes halogenated alkanes) is 6. The van der Waals surface area contributed by atoms with Crippen molar-refractivity contribution in [1.82, 2.24) is 0 Å². The van der Waals surface area contributed by atoms with E-state index in [2.05, 4.69) is 27.7 Å². The Hall–Kier alpha value is -0.780. The quantitative estimate of drug-likeness (QED) is 0.167. The van der Waals surface area contributed by atoms with Gasteiger partial charge in [0.05, 0.1) is 13.2 Å². The second-order valence-electron chi connectivity index (χ2n) is 8.80. The minimum atomic E-state index is 0.675. The Kier molecular flexibility index (Phi) is 18.1. The molecule has 0 N–H and O–H groups in total. The second kappa shape index (κ2) is 19.9. The maximum Gasteiger partial charge on any atom is 0.171 e. The van der Waals surface area contributed by atoms with Crippen LogP contribution in [0.1, 0.15) is 91.9 Å². The van der Waals surface area contributed by atoms with E-state index in [1.165, 1.54) is 38.5 Å². The van der Waals surface area contributed by atoms with Crippen LogP contribution < -0.4 is 9.47 Å². The van der Waals surface area contributed by atoms with Gasteiger partial charge in [0.2, 0.25) is 0 Å². The fourth-order valence-corrected chi connectivity index (χ4v) is 3.66. The molecule has 0 saturated heterocycles. The van der Waals surface area contributed by atoms with Gasteiger partial charge < -0.3 is 18.9 Å². The van der Waals surface area contributed by atoms with Gasteiger partial charge in [-0.25, -0.2) is 0 Å². The first-order valence-electron chi connectivity index (χ1n) is 12.6. The van der Waals surface area contributed by atoms with Gasteiger partial charge in [-0.3, -0.25) is 0 Å². The molecule has 1 rings (SSSR count). The third-order valence-electron chi connectivity index (χ3n) is 5.67. The van der Waals surface area contributed by atoms with Crippen molar-refractivity contribution < 1.29 is 18.9 Å². The molecule has 0 aliphatic heterocycles. The second-order valence-corrected chi connectivity index (χ2v) is 9.55. The Morgan fingerprint density at radius 3 is 1.39 bits per heavy atom. The number of ether oxygens (including phenoxy) is 4. The zero-order valence-electron chi connectivity index (χ0n) is 20.7. The van der Waals surface area contributed by atoms with Crippen LogP contribution >= 0.6 is 11.3 Å². The summed E-state index contributed by atoms with van der Waals surface area (Å²) in [6.07, 6.45) is 11.6. The fourth-order valence-electron chi connectivity index (χ4n) is 2.97. The van der Waals surface area contributed by atoms with Gasteiger partial charge in [-0.05, 0) is 50.4 Å². The van der Waals surface area contributed by atoms with Gasteiger partial charge in [0.25, 0.3) is 0 Å². The molecule has 0 aliphatic rings. The summed E-state index contributed by atoms with van der Waals surface area (Å²) in [5, 5.41) is 4.10. The molecule has 5 heteroatoms. The van der Waals surface area contributed by atoms with E-state index in [-0.39, 0.29) is 0 Å². The summed E-state index contributed by atoms with van der Waals surface area (Å²) in [7, 11) is 0. The molecule has 31 heavy (non-hydrogen) atoms. The molecule has 1 aromatic rings. The van der Waals surface area contributed by atoms with Crippen molar-refractivity contribution in [2.24, 2.45) is 11.8 Å². The van der Waals surface area contributed by atoms with Crippen molar-refractivity contribution in [1.29, 1.82) is 0 Å². The minimum absolute atomic E-state index is 0.675. The maximum absolute atomic E-state index is 5.94. The predicted octanol–water partition coefficient (Wildman–Crippen LogP) is 7.75. The molecular weight excluding hydrogens is 408 g/mol. The molecule has 0 radical (unpaired) electrons. The molecule has 0 aliphatic carbocycles. The zero-order chi connectivity index (χ0) is 22.6. The van der Waals surface area contributed by atoms with Crippen LogP contribution in [-0.2, 0) is 9.47 Å². The Balaban J connectivity index is 1.95. The topological polar surface area (TPSA) is 36.9 Å². The minimum Gasteiger partial charge on any atom is -0.489 e. The first-order chi connectivity index (χ1) is 15.2. The Bertz CT molecular complexity index is 463. The smallest absolute Gasteiger partial charge is 0.171 e. The number of rotatable bonds is 22. The Morgan fingerprint density at radius 2 is 1.00 bits per heavy atom. The molecule has 2 atom stereocenters. The molecule has 0 bridgehead atoms. The number of hydrogen-bond acceptors (Lipinski definition) is 5. The molecular formula is C26H48O4S. The zero-order valence-corrected chi connectivity index (χ0v) is 21.5. The van der Waals surface area contributed by atoms with Crippen LogP contribution in [0.4, 0.5) is 0 Å². The summed E-state index contributed by atoms with van der Waals surface area (Å²) in [5.74, 6) is 3.16. The van der Waals surface area contributed by atoms with Crippen LogP contribution in [0.2, 0.25) is 0 Å². The summed E-state index contributed by atoms with van der Waals surface area (Å²) in [5.41, 5.74) is 0. The molecule has 0 fully saturated rings. The van der Waals surface area contributed by atoms with E-state index in [1.54, 1.807) is 11.3 Å². The van der Waals surface area contributed by atoms with Gasteiger partial charge in [-0.15, -0.1) is 11.3 Å². The predicted molar refractivity (Wildman–Crippen MR) is 133 cm³/mol. The average molecular weight is 457 g/mol. The Morgan fingerprint density at radius 1 is 0.613 bits per heavy atom. The van der Waals surface area contributed by atoms with Gasteiger partial charge >= 0.3 is 0 Å². The molecule has 4 nitrogen and oxygen atoms in total. The van der Waals surface area contributed by atoms with E-state index in [0.29, 0.717) is 11.8 Å². The summed E-state index contributed by atoms with van der Waals surface area (Å²) in [4.78, 5) is 0. The lowest BCUT2D eigenvalue weighted by molar-refractivity contribution is 0.0997. The summed E-state index contributed by atoms with van der Waals surface area (Å²) in [6, 6.07) is 0. The van der Waals surface area contributed by atoms with Crippen LogP contribution in [-0.4, -0.2) is 39.6 Å². The van der Waals surface area contributed by atoms with Crippen LogP contribution in [0.25, 0.3) is 0 Å². The molecule has 0 spiro atoms. The van der Waals surface area contributed by atoms with E-state index in [0.717, 1.165) is 76.8 Å². The van der Waals surface area contributed by atoms with Crippen molar-refractivity contribution in [3.05, 3.63) is 10.8 Å². The van der Waals surface area contributed by atoms with Crippen LogP contribution in [0.5, 0.6) is 11.5 Å². The van der Waals surface area contributed by atoms with Gasteiger partial charge in [0.15, 0.2) is 11.5 Å². The van der Waals surface area contributed by atoms with E-state index in [4.69, 9.17) is 18.9 Å². The first kappa shape index (κ1) is 28.3. The SMILES string of the molecule is CC[C@H](C)COCCCCCCOc1cscc1OCCCCCCOC[C@@H](C)CC. The molecule has 0 aromatic carbocycles. The highest BCUT2D eigenvalue weighted by atomic mass is 32.1. The lowest BCUT2D eigenvalue weighted by Gasteiger charge is -2.10. The molecule has 182 valence electrons. The highest BCUT2D eigenvalue weighted by molar-refractivity contribution is 7.08.